The Hall–Kier alpha value is -2.32. The van der Waals surface area contributed by atoms with Gasteiger partial charge in [0.1, 0.15) is 6.10 Å². The highest BCUT2D eigenvalue weighted by atomic mass is 31.2. The van der Waals surface area contributed by atoms with E-state index in [9.17, 15) is 14.3 Å². The lowest BCUT2D eigenvalue weighted by Crippen LogP contribution is -2.28. The molecule has 0 bridgehead atoms. The van der Waals surface area contributed by atoms with Gasteiger partial charge in [0.2, 0.25) is 0 Å². The van der Waals surface area contributed by atoms with E-state index < -0.39 is 13.9 Å². The van der Waals surface area contributed by atoms with E-state index >= 15 is 0 Å². The number of rotatable bonds is 37. The molecule has 3 N–H and O–H groups in total. The molecular formula is C43H74NO7P. The van der Waals surface area contributed by atoms with Crippen molar-refractivity contribution < 1.29 is 32.8 Å². The number of nitrogens with two attached hydrogens (primary N) is 1. The van der Waals surface area contributed by atoms with Gasteiger partial charge in [0.25, 0.3) is 0 Å². The van der Waals surface area contributed by atoms with Crippen LogP contribution in [0.25, 0.3) is 0 Å². The van der Waals surface area contributed by atoms with Crippen LogP contribution in [0.2, 0.25) is 0 Å². The molecule has 8 nitrogen and oxygen atoms in total. The van der Waals surface area contributed by atoms with E-state index in [2.05, 4.69) is 98.9 Å². The number of carbonyl (C=O) groups excluding carboxylic acids is 1. The minimum absolute atomic E-state index is 0.0680. The first-order valence-corrected chi connectivity index (χ1v) is 21.6. The van der Waals surface area contributed by atoms with Crippen LogP contribution < -0.4 is 5.73 Å². The summed E-state index contributed by atoms with van der Waals surface area (Å²) in [5, 5.41) is 0. The molecule has 2 atom stereocenters. The van der Waals surface area contributed by atoms with Gasteiger partial charge >= 0.3 is 13.8 Å². The molecule has 0 amide bonds. The van der Waals surface area contributed by atoms with Crippen LogP contribution in [0.3, 0.4) is 0 Å². The molecule has 0 radical (unpaired) electrons. The van der Waals surface area contributed by atoms with Crippen molar-refractivity contribution in [3.63, 3.8) is 0 Å². The zero-order chi connectivity index (χ0) is 38.1. The SMILES string of the molecule is CC/C=C\C/C=C\C/C=C\C/C=C\C/C=C\C/C=C\CCCOCC(COP(=O)(O)OCCN)OC(=O)CCCCCCC/C=C\CCCCCC. The van der Waals surface area contributed by atoms with Crippen molar-refractivity contribution in [2.45, 2.75) is 148 Å². The van der Waals surface area contributed by atoms with Crippen LogP contribution in [0.15, 0.2) is 85.1 Å². The Morgan fingerprint density at radius 1 is 0.596 bits per heavy atom. The molecular weight excluding hydrogens is 673 g/mol. The number of hydrogen-bond acceptors (Lipinski definition) is 7. The molecule has 52 heavy (non-hydrogen) atoms. The van der Waals surface area contributed by atoms with Crippen molar-refractivity contribution >= 4 is 13.8 Å². The zero-order valence-corrected chi connectivity index (χ0v) is 33.7. The molecule has 0 heterocycles. The summed E-state index contributed by atoms with van der Waals surface area (Å²) in [7, 11) is -4.30. The maximum Gasteiger partial charge on any atom is 0.472 e. The fraction of sp³-hybridized carbons (Fsp3) is 0.651. The van der Waals surface area contributed by atoms with E-state index in [-0.39, 0.29) is 38.8 Å². The molecule has 9 heteroatoms. The molecule has 0 spiro atoms. The fourth-order valence-corrected chi connectivity index (χ4v) is 5.65. The van der Waals surface area contributed by atoms with Crippen LogP contribution in [0, 0.1) is 0 Å². The summed E-state index contributed by atoms with van der Waals surface area (Å²) in [5.41, 5.74) is 5.35. The van der Waals surface area contributed by atoms with Gasteiger partial charge in [0.05, 0.1) is 19.8 Å². The van der Waals surface area contributed by atoms with Crippen LogP contribution in [-0.2, 0) is 27.9 Å². The topological polar surface area (TPSA) is 117 Å². The number of phosphoric acid groups is 1. The van der Waals surface area contributed by atoms with Crippen molar-refractivity contribution in [3.8, 4) is 0 Å². The van der Waals surface area contributed by atoms with Gasteiger partial charge in [0, 0.05) is 19.6 Å². The van der Waals surface area contributed by atoms with Crippen molar-refractivity contribution in [2.24, 2.45) is 5.73 Å². The summed E-state index contributed by atoms with van der Waals surface area (Å²) in [6, 6.07) is 0. The highest BCUT2D eigenvalue weighted by Crippen LogP contribution is 2.43. The number of hydrogen-bond donors (Lipinski definition) is 2. The second-order valence-electron chi connectivity index (χ2n) is 12.8. The Bertz CT molecular complexity index is 1060. The summed E-state index contributed by atoms with van der Waals surface area (Å²) in [5.74, 6) is -0.364. The normalized spacial score (nSPS) is 14.5. The molecule has 0 aliphatic carbocycles. The minimum atomic E-state index is -4.30. The van der Waals surface area contributed by atoms with Gasteiger partial charge in [-0.1, -0.05) is 137 Å². The van der Waals surface area contributed by atoms with Crippen LogP contribution in [0.4, 0.5) is 0 Å². The maximum atomic E-state index is 12.5. The molecule has 0 aliphatic heterocycles. The van der Waals surface area contributed by atoms with E-state index in [1.807, 2.05) is 0 Å². The largest absolute Gasteiger partial charge is 0.472 e. The molecule has 0 aromatic carbocycles. The minimum Gasteiger partial charge on any atom is -0.457 e. The number of carbonyl (C=O) groups is 1. The van der Waals surface area contributed by atoms with E-state index in [4.69, 9.17) is 24.3 Å². The van der Waals surface area contributed by atoms with Gasteiger partial charge in [-0.15, -0.1) is 0 Å². The average Bonchev–Trinajstić information content (AvgIpc) is 3.13. The first kappa shape index (κ1) is 49.7. The maximum absolute atomic E-state index is 12.5. The molecule has 0 aliphatic rings. The van der Waals surface area contributed by atoms with Gasteiger partial charge in [0.15, 0.2) is 0 Å². The molecule has 2 unspecified atom stereocenters. The van der Waals surface area contributed by atoms with Gasteiger partial charge in [-0.2, -0.15) is 0 Å². The zero-order valence-electron chi connectivity index (χ0n) is 32.8. The third-order valence-corrected chi connectivity index (χ3v) is 8.78. The van der Waals surface area contributed by atoms with E-state index in [0.717, 1.165) is 83.5 Å². The molecule has 0 rings (SSSR count). The highest BCUT2D eigenvalue weighted by molar-refractivity contribution is 7.47. The molecule has 0 fully saturated rings. The first-order chi connectivity index (χ1) is 25.4. The standard InChI is InChI=1S/C43H74NO7P/c1-3-5-7-9-11-13-15-17-18-19-20-21-22-23-25-27-29-31-33-35-38-48-40-42(41-50-52(46,47)49-39-37-44)51-43(45)36-34-32-30-28-26-24-16-14-12-10-8-6-4-2/h5,7,11,13-14,16-18,20-21,23,25,29,31,42H,3-4,6,8-10,12,15,19,22,24,26-28,30,32-41,44H2,1-2H3,(H,46,47)/b7-5-,13-11-,16-14-,18-17-,21-20-,25-23-,31-29-. The Balaban J connectivity index is 4.21. The number of esters is 1. The van der Waals surface area contributed by atoms with Gasteiger partial charge in [-0.3, -0.25) is 13.8 Å². The second-order valence-corrected chi connectivity index (χ2v) is 14.2. The summed E-state index contributed by atoms with van der Waals surface area (Å²) in [4.78, 5) is 22.4. The molecule has 0 saturated carbocycles. The second kappa shape index (κ2) is 39.9. The number of allylic oxidation sites excluding steroid dienone is 14. The third kappa shape index (κ3) is 38.9. The molecule has 298 valence electrons. The Morgan fingerprint density at radius 3 is 1.63 bits per heavy atom. The van der Waals surface area contributed by atoms with Gasteiger partial charge in [-0.05, 0) is 83.5 Å². The fourth-order valence-electron chi connectivity index (χ4n) is 4.89. The summed E-state index contributed by atoms with van der Waals surface area (Å²) in [6.07, 6.45) is 50.4. The quantitative estimate of drug-likeness (QED) is 0.0279. The average molecular weight is 748 g/mol. The van der Waals surface area contributed by atoms with E-state index in [0.29, 0.717) is 6.61 Å². The van der Waals surface area contributed by atoms with Crippen molar-refractivity contribution in [2.75, 3.05) is 33.0 Å². The predicted molar refractivity (Wildman–Crippen MR) is 219 cm³/mol. The third-order valence-electron chi connectivity index (χ3n) is 7.80. The smallest absolute Gasteiger partial charge is 0.457 e. The van der Waals surface area contributed by atoms with Crippen molar-refractivity contribution in [3.05, 3.63) is 85.1 Å². The highest BCUT2D eigenvalue weighted by Gasteiger charge is 2.25. The summed E-state index contributed by atoms with van der Waals surface area (Å²) in [6.45, 7) is 4.59. The van der Waals surface area contributed by atoms with Crippen LogP contribution in [0.1, 0.15) is 142 Å². The molecule has 0 saturated heterocycles. The molecule has 0 aromatic rings. The van der Waals surface area contributed by atoms with Gasteiger partial charge < -0.3 is 20.1 Å². The van der Waals surface area contributed by atoms with E-state index in [1.165, 1.54) is 38.5 Å². The number of phosphoric ester groups is 1. The summed E-state index contributed by atoms with van der Waals surface area (Å²) >= 11 is 0. The summed E-state index contributed by atoms with van der Waals surface area (Å²) < 4.78 is 33.2. The Kier molecular flexibility index (Phi) is 38.1. The van der Waals surface area contributed by atoms with E-state index in [1.54, 1.807) is 0 Å². The Morgan fingerprint density at radius 2 is 1.08 bits per heavy atom. The predicted octanol–water partition coefficient (Wildman–Crippen LogP) is 11.7. The van der Waals surface area contributed by atoms with Crippen LogP contribution >= 0.6 is 7.82 Å². The van der Waals surface area contributed by atoms with Crippen molar-refractivity contribution in [1.82, 2.24) is 0 Å². The van der Waals surface area contributed by atoms with Gasteiger partial charge in [-0.25, -0.2) is 4.57 Å². The number of ether oxygens (including phenoxy) is 2. The number of unbranched alkanes of at least 4 members (excludes halogenated alkanes) is 10. The lowest BCUT2D eigenvalue weighted by Gasteiger charge is -2.20. The first-order valence-electron chi connectivity index (χ1n) is 20.1. The van der Waals surface area contributed by atoms with Crippen LogP contribution in [0.5, 0.6) is 0 Å². The van der Waals surface area contributed by atoms with Crippen molar-refractivity contribution in [1.29, 1.82) is 0 Å². The lowest BCUT2D eigenvalue weighted by molar-refractivity contribution is -0.154. The van der Waals surface area contributed by atoms with Crippen LogP contribution in [-0.4, -0.2) is 49.9 Å². The lowest BCUT2D eigenvalue weighted by atomic mass is 10.1. The Labute approximate surface area is 318 Å². The molecule has 0 aromatic heterocycles. The monoisotopic (exact) mass is 748 g/mol.